The minimum Gasteiger partial charge on any atom is -0.395 e. The van der Waals surface area contributed by atoms with Gasteiger partial charge in [0, 0.05) is 17.5 Å². The first-order valence-corrected chi connectivity index (χ1v) is 10.2. The number of thiophene rings is 1. The number of aliphatic imine (C=N–C) groups is 1. The predicted octanol–water partition coefficient (Wildman–Crippen LogP) is 3.46. The van der Waals surface area contributed by atoms with Crippen molar-refractivity contribution in [1.29, 1.82) is 0 Å². The first-order chi connectivity index (χ1) is 11.7. The van der Waals surface area contributed by atoms with Gasteiger partial charge in [-0.15, -0.1) is 23.1 Å². The van der Waals surface area contributed by atoms with E-state index in [1.54, 1.807) is 23.1 Å². The van der Waals surface area contributed by atoms with E-state index in [-0.39, 0.29) is 12.6 Å². The van der Waals surface area contributed by atoms with Crippen molar-refractivity contribution in [3.05, 3.63) is 46.2 Å². The Balaban J connectivity index is 1.84. The van der Waals surface area contributed by atoms with Gasteiger partial charge >= 0.3 is 0 Å². The summed E-state index contributed by atoms with van der Waals surface area (Å²) >= 11 is 3.34. The van der Waals surface area contributed by atoms with E-state index in [2.05, 4.69) is 28.3 Å². The fourth-order valence-electron chi connectivity index (χ4n) is 3.11. The standard InChI is InChI=1S/C18H23N3OS2/c1-23-16-7-6-14(20-18(19)17-5-3-9-24-17)10-13(16)11-21-8-2-4-15(21)12-22/h3,5-7,9-10,15,22H,2,4,8,11-12H2,1H3,(H2,19,20). The van der Waals surface area contributed by atoms with Crippen molar-refractivity contribution in [1.82, 2.24) is 4.90 Å². The monoisotopic (exact) mass is 361 g/mol. The van der Waals surface area contributed by atoms with E-state index in [0.29, 0.717) is 5.84 Å². The zero-order chi connectivity index (χ0) is 16.9. The van der Waals surface area contributed by atoms with Crippen molar-refractivity contribution >= 4 is 34.6 Å². The maximum absolute atomic E-state index is 9.54. The second-order valence-electron chi connectivity index (χ2n) is 5.92. The van der Waals surface area contributed by atoms with Crippen LogP contribution in [0.5, 0.6) is 0 Å². The number of nitrogens with two attached hydrogens (primary N) is 1. The summed E-state index contributed by atoms with van der Waals surface area (Å²) in [7, 11) is 0. The molecule has 1 fully saturated rings. The molecule has 1 atom stereocenters. The van der Waals surface area contributed by atoms with E-state index in [1.165, 1.54) is 10.5 Å². The molecule has 0 bridgehead atoms. The van der Waals surface area contributed by atoms with E-state index in [4.69, 9.17) is 5.73 Å². The van der Waals surface area contributed by atoms with Crippen LogP contribution >= 0.6 is 23.1 Å². The lowest BCUT2D eigenvalue weighted by molar-refractivity contribution is 0.153. The molecule has 0 aliphatic carbocycles. The van der Waals surface area contributed by atoms with Crippen molar-refractivity contribution in [2.24, 2.45) is 10.7 Å². The molecule has 3 N–H and O–H groups in total. The van der Waals surface area contributed by atoms with Gasteiger partial charge in [-0.05, 0) is 60.9 Å². The Morgan fingerprint density at radius 1 is 1.46 bits per heavy atom. The van der Waals surface area contributed by atoms with Crippen LogP contribution in [0.1, 0.15) is 23.3 Å². The van der Waals surface area contributed by atoms with Crippen LogP contribution in [-0.4, -0.2) is 41.3 Å². The quantitative estimate of drug-likeness (QED) is 0.470. The number of amidine groups is 1. The Hall–Kier alpha value is -1.34. The molecule has 24 heavy (non-hydrogen) atoms. The molecular formula is C18H23N3OS2. The summed E-state index contributed by atoms with van der Waals surface area (Å²) in [6, 6.07) is 10.5. The fourth-order valence-corrected chi connectivity index (χ4v) is 4.32. The SMILES string of the molecule is CSc1ccc(N=C(N)c2cccs2)cc1CN1CCCC1CO. The third-order valence-corrected chi connectivity index (χ3v) is 6.10. The van der Waals surface area contributed by atoms with Gasteiger partial charge in [0.2, 0.25) is 0 Å². The minimum atomic E-state index is 0.234. The van der Waals surface area contributed by atoms with E-state index in [0.717, 1.165) is 36.5 Å². The van der Waals surface area contributed by atoms with E-state index >= 15 is 0 Å². The molecule has 0 saturated carbocycles. The molecule has 4 nitrogen and oxygen atoms in total. The number of nitrogens with zero attached hydrogens (tertiary/aromatic N) is 2. The number of hydrogen-bond donors (Lipinski definition) is 2. The molecule has 1 saturated heterocycles. The summed E-state index contributed by atoms with van der Waals surface area (Å²) in [5.41, 5.74) is 8.25. The number of rotatable bonds is 6. The van der Waals surface area contributed by atoms with E-state index < -0.39 is 0 Å². The van der Waals surface area contributed by atoms with Crippen molar-refractivity contribution in [2.45, 2.75) is 30.3 Å². The van der Waals surface area contributed by atoms with E-state index in [9.17, 15) is 5.11 Å². The highest BCUT2D eigenvalue weighted by Gasteiger charge is 2.24. The maximum Gasteiger partial charge on any atom is 0.141 e. The number of benzene rings is 1. The Morgan fingerprint density at radius 3 is 3.04 bits per heavy atom. The lowest BCUT2D eigenvalue weighted by Gasteiger charge is -2.23. The second kappa shape index (κ2) is 8.16. The van der Waals surface area contributed by atoms with Crippen LogP contribution in [0.25, 0.3) is 0 Å². The molecule has 1 unspecified atom stereocenters. The summed E-state index contributed by atoms with van der Waals surface area (Å²) in [5, 5.41) is 11.5. The Bertz CT molecular complexity index is 700. The van der Waals surface area contributed by atoms with Crippen LogP contribution < -0.4 is 5.73 Å². The molecule has 2 heterocycles. The molecule has 128 valence electrons. The van der Waals surface area contributed by atoms with Crippen molar-refractivity contribution in [2.75, 3.05) is 19.4 Å². The number of hydrogen-bond acceptors (Lipinski definition) is 5. The van der Waals surface area contributed by atoms with Gasteiger partial charge in [0.15, 0.2) is 0 Å². The molecule has 0 radical (unpaired) electrons. The normalized spacial score (nSPS) is 19.1. The summed E-state index contributed by atoms with van der Waals surface area (Å²) in [5.74, 6) is 0.558. The molecular weight excluding hydrogens is 338 g/mol. The van der Waals surface area contributed by atoms with Gasteiger partial charge in [0.05, 0.1) is 17.2 Å². The van der Waals surface area contributed by atoms with Crippen LogP contribution in [0.15, 0.2) is 45.6 Å². The minimum absolute atomic E-state index is 0.234. The summed E-state index contributed by atoms with van der Waals surface area (Å²) in [6.45, 7) is 2.13. The highest BCUT2D eigenvalue weighted by molar-refractivity contribution is 7.98. The predicted molar refractivity (Wildman–Crippen MR) is 103 cm³/mol. The van der Waals surface area contributed by atoms with E-state index in [1.807, 2.05) is 23.6 Å². The van der Waals surface area contributed by atoms with Crippen LogP contribution in [0.2, 0.25) is 0 Å². The summed E-state index contributed by atoms with van der Waals surface area (Å²) in [4.78, 5) is 9.19. The number of aliphatic hydroxyl groups is 1. The molecule has 1 aliphatic rings. The van der Waals surface area contributed by atoms with Crippen molar-refractivity contribution in [3.8, 4) is 0 Å². The van der Waals surface area contributed by atoms with Gasteiger partial charge in [-0.25, -0.2) is 4.99 Å². The second-order valence-corrected chi connectivity index (χ2v) is 7.72. The van der Waals surface area contributed by atoms with Crippen LogP contribution in [0.4, 0.5) is 5.69 Å². The van der Waals surface area contributed by atoms with Crippen LogP contribution in [0, 0.1) is 0 Å². The molecule has 6 heteroatoms. The fraction of sp³-hybridized carbons (Fsp3) is 0.389. The van der Waals surface area contributed by atoms with Crippen molar-refractivity contribution in [3.63, 3.8) is 0 Å². The molecule has 2 aromatic rings. The largest absolute Gasteiger partial charge is 0.395 e. The van der Waals surface area contributed by atoms with Gasteiger partial charge in [-0.1, -0.05) is 6.07 Å². The molecule has 0 spiro atoms. The molecule has 1 aromatic heterocycles. The number of thioether (sulfide) groups is 1. The molecule has 1 aliphatic heterocycles. The Labute approximate surface area is 151 Å². The van der Waals surface area contributed by atoms with Crippen LogP contribution in [-0.2, 0) is 6.54 Å². The lowest BCUT2D eigenvalue weighted by Crippen LogP contribution is -2.31. The zero-order valence-electron chi connectivity index (χ0n) is 13.8. The van der Waals surface area contributed by atoms with Crippen molar-refractivity contribution < 1.29 is 5.11 Å². The smallest absolute Gasteiger partial charge is 0.141 e. The highest BCUT2D eigenvalue weighted by atomic mass is 32.2. The van der Waals surface area contributed by atoms with Gasteiger partial charge in [0.1, 0.15) is 5.84 Å². The number of likely N-dealkylation sites (tertiary alicyclic amines) is 1. The topological polar surface area (TPSA) is 61.8 Å². The van der Waals surface area contributed by atoms with Gasteiger partial charge < -0.3 is 10.8 Å². The Morgan fingerprint density at radius 2 is 2.33 bits per heavy atom. The summed E-state index contributed by atoms with van der Waals surface area (Å²) < 4.78 is 0. The highest BCUT2D eigenvalue weighted by Crippen LogP contribution is 2.29. The average Bonchev–Trinajstić information content (AvgIpc) is 3.26. The first kappa shape index (κ1) is 17.5. The average molecular weight is 362 g/mol. The summed E-state index contributed by atoms with van der Waals surface area (Å²) in [6.07, 6.45) is 4.33. The third kappa shape index (κ3) is 4.00. The van der Waals surface area contributed by atoms with Crippen LogP contribution in [0.3, 0.4) is 0 Å². The van der Waals surface area contributed by atoms with Gasteiger partial charge in [-0.2, -0.15) is 0 Å². The van der Waals surface area contributed by atoms with Gasteiger partial charge in [0.25, 0.3) is 0 Å². The first-order valence-electron chi connectivity index (χ1n) is 8.11. The molecule has 1 aromatic carbocycles. The Kier molecular flexibility index (Phi) is 5.94. The zero-order valence-corrected chi connectivity index (χ0v) is 15.4. The third-order valence-electron chi connectivity index (χ3n) is 4.37. The van der Waals surface area contributed by atoms with Gasteiger partial charge in [-0.3, -0.25) is 4.90 Å². The molecule has 3 rings (SSSR count). The number of aliphatic hydroxyl groups excluding tert-OH is 1. The lowest BCUT2D eigenvalue weighted by atomic mass is 10.1. The molecule has 0 amide bonds. The maximum atomic E-state index is 9.54.